The molecule has 0 aromatic rings. The van der Waals surface area contributed by atoms with Crippen LogP contribution >= 0.6 is 0 Å². The molecule has 0 amide bonds. The summed E-state index contributed by atoms with van der Waals surface area (Å²) in [4.78, 5) is 13.1. The number of ether oxygens (including phenoxy) is 1. The molecular formula is C11H21NO3. The lowest BCUT2D eigenvalue weighted by atomic mass is 9.95. The van der Waals surface area contributed by atoms with Gasteiger partial charge in [0.2, 0.25) is 0 Å². The number of rotatable bonds is 4. The summed E-state index contributed by atoms with van der Waals surface area (Å²) in [5.74, 6) is -0.154. The summed E-state index contributed by atoms with van der Waals surface area (Å²) in [6.07, 6.45) is 3.18. The van der Waals surface area contributed by atoms with Crippen LogP contribution in [0.4, 0.5) is 0 Å². The summed E-state index contributed by atoms with van der Waals surface area (Å²) in [6.45, 7) is 4.48. The molecule has 88 valence electrons. The zero-order valence-electron chi connectivity index (χ0n) is 9.66. The molecule has 1 rings (SSSR count). The summed E-state index contributed by atoms with van der Waals surface area (Å²) in [5.41, 5.74) is -0.552. The van der Waals surface area contributed by atoms with Gasteiger partial charge in [-0.3, -0.25) is 4.79 Å². The van der Waals surface area contributed by atoms with Gasteiger partial charge in [0.1, 0.15) is 0 Å². The van der Waals surface area contributed by atoms with E-state index in [9.17, 15) is 9.90 Å². The number of nitrogens with zero attached hydrogens (tertiary/aromatic N) is 1. The van der Waals surface area contributed by atoms with Crippen molar-refractivity contribution in [2.45, 2.75) is 38.2 Å². The molecular weight excluding hydrogens is 194 g/mol. The first-order valence-electron chi connectivity index (χ1n) is 5.55. The van der Waals surface area contributed by atoms with E-state index in [1.807, 2.05) is 6.92 Å². The largest absolute Gasteiger partial charge is 0.469 e. The minimum absolute atomic E-state index is 0.154. The zero-order valence-corrected chi connectivity index (χ0v) is 9.66. The van der Waals surface area contributed by atoms with Crippen LogP contribution in [-0.4, -0.2) is 48.3 Å². The van der Waals surface area contributed by atoms with Crippen molar-refractivity contribution in [1.82, 2.24) is 4.90 Å². The standard InChI is InChI=1S/C11H21NO3/c1-11(14)6-4-8-12(9-11)7-3-5-10(13)15-2/h14H,3-9H2,1-2H3. The summed E-state index contributed by atoms with van der Waals surface area (Å²) in [5, 5.41) is 9.87. The lowest BCUT2D eigenvalue weighted by Gasteiger charge is -2.36. The van der Waals surface area contributed by atoms with Crippen LogP contribution in [0.5, 0.6) is 0 Å². The maximum Gasteiger partial charge on any atom is 0.305 e. The first-order valence-corrected chi connectivity index (χ1v) is 5.55. The highest BCUT2D eigenvalue weighted by atomic mass is 16.5. The van der Waals surface area contributed by atoms with Gasteiger partial charge >= 0.3 is 5.97 Å². The molecule has 4 heteroatoms. The number of methoxy groups -OCH3 is 1. The van der Waals surface area contributed by atoms with Crippen molar-refractivity contribution >= 4 is 5.97 Å². The lowest BCUT2D eigenvalue weighted by molar-refractivity contribution is -0.140. The van der Waals surface area contributed by atoms with E-state index in [1.54, 1.807) is 0 Å². The number of esters is 1. The minimum atomic E-state index is -0.552. The van der Waals surface area contributed by atoms with Gasteiger partial charge in [-0.15, -0.1) is 0 Å². The van der Waals surface area contributed by atoms with E-state index in [0.29, 0.717) is 13.0 Å². The Morgan fingerprint density at radius 3 is 2.93 bits per heavy atom. The Morgan fingerprint density at radius 1 is 1.60 bits per heavy atom. The molecule has 1 fully saturated rings. The zero-order chi connectivity index (χ0) is 11.3. The Balaban J connectivity index is 2.18. The topological polar surface area (TPSA) is 49.8 Å². The van der Waals surface area contributed by atoms with Crippen molar-refractivity contribution in [3.05, 3.63) is 0 Å². The Labute approximate surface area is 91.2 Å². The number of piperidine rings is 1. The molecule has 1 atom stereocenters. The van der Waals surface area contributed by atoms with Gasteiger partial charge in [0, 0.05) is 13.0 Å². The SMILES string of the molecule is COC(=O)CCCN1CCCC(C)(O)C1. The highest BCUT2D eigenvalue weighted by Gasteiger charge is 2.27. The molecule has 1 unspecified atom stereocenters. The Kier molecular flexibility index (Phi) is 4.54. The number of β-amino-alcohol motifs (C(OH)–C–C–N with tert-alkyl or cyclic N) is 1. The second-order valence-electron chi connectivity index (χ2n) is 4.56. The van der Waals surface area contributed by atoms with Crippen LogP contribution in [0, 0.1) is 0 Å². The van der Waals surface area contributed by atoms with Crippen molar-refractivity contribution in [3.63, 3.8) is 0 Å². The maximum absolute atomic E-state index is 10.9. The number of likely N-dealkylation sites (tertiary alicyclic amines) is 1. The van der Waals surface area contributed by atoms with Crippen molar-refractivity contribution in [1.29, 1.82) is 0 Å². The molecule has 0 radical (unpaired) electrons. The van der Waals surface area contributed by atoms with Gasteiger partial charge in [0.25, 0.3) is 0 Å². The van der Waals surface area contributed by atoms with E-state index >= 15 is 0 Å². The van der Waals surface area contributed by atoms with Crippen LogP contribution in [0.2, 0.25) is 0 Å². The number of aliphatic hydroxyl groups is 1. The molecule has 4 nitrogen and oxygen atoms in total. The molecule has 1 aliphatic heterocycles. The molecule has 1 saturated heterocycles. The van der Waals surface area contributed by atoms with Crippen molar-refractivity contribution in [2.75, 3.05) is 26.7 Å². The van der Waals surface area contributed by atoms with Gasteiger partial charge in [-0.25, -0.2) is 0 Å². The monoisotopic (exact) mass is 215 g/mol. The molecule has 1 aliphatic rings. The first kappa shape index (κ1) is 12.5. The van der Waals surface area contributed by atoms with E-state index in [4.69, 9.17) is 0 Å². The Morgan fingerprint density at radius 2 is 2.33 bits per heavy atom. The fraction of sp³-hybridized carbons (Fsp3) is 0.909. The van der Waals surface area contributed by atoms with Gasteiger partial charge in [-0.05, 0) is 39.3 Å². The van der Waals surface area contributed by atoms with Crippen LogP contribution in [-0.2, 0) is 9.53 Å². The van der Waals surface area contributed by atoms with Crippen LogP contribution in [0.3, 0.4) is 0 Å². The molecule has 0 saturated carbocycles. The average molecular weight is 215 g/mol. The van der Waals surface area contributed by atoms with E-state index in [0.717, 1.165) is 32.4 Å². The summed E-state index contributed by atoms with van der Waals surface area (Å²) >= 11 is 0. The normalized spacial score (nSPS) is 27.7. The fourth-order valence-electron chi connectivity index (χ4n) is 2.06. The molecule has 15 heavy (non-hydrogen) atoms. The van der Waals surface area contributed by atoms with Crippen LogP contribution in [0.25, 0.3) is 0 Å². The molecule has 0 spiro atoms. The van der Waals surface area contributed by atoms with Gasteiger partial charge in [0.15, 0.2) is 0 Å². The first-order chi connectivity index (χ1) is 7.03. The third-order valence-electron chi connectivity index (χ3n) is 2.84. The Bertz CT molecular complexity index is 216. The van der Waals surface area contributed by atoms with E-state index in [1.165, 1.54) is 7.11 Å². The van der Waals surface area contributed by atoms with Crippen LogP contribution in [0.1, 0.15) is 32.6 Å². The van der Waals surface area contributed by atoms with E-state index in [2.05, 4.69) is 9.64 Å². The number of carbonyl (C=O) groups is 1. The lowest BCUT2D eigenvalue weighted by Crippen LogP contribution is -2.46. The molecule has 1 heterocycles. The van der Waals surface area contributed by atoms with Crippen LogP contribution in [0.15, 0.2) is 0 Å². The second kappa shape index (κ2) is 5.47. The molecule has 0 bridgehead atoms. The summed E-state index contributed by atoms with van der Waals surface area (Å²) < 4.78 is 4.57. The molecule has 0 aromatic carbocycles. The third kappa shape index (κ3) is 4.62. The van der Waals surface area contributed by atoms with Crippen molar-refractivity contribution in [3.8, 4) is 0 Å². The van der Waals surface area contributed by atoms with Crippen molar-refractivity contribution in [2.24, 2.45) is 0 Å². The summed E-state index contributed by atoms with van der Waals surface area (Å²) in [6, 6.07) is 0. The third-order valence-corrected chi connectivity index (χ3v) is 2.84. The molecule has 1 N–H and O–H groups in total. The smallest absolute Gasteiger partial charge is 0.305 e. The fourth-order valence-corrected chi connectivity index (χ4v) is 2.06. The van der Waals surface area contributed by atoms with E-state index in [-0.39, 0.29) is 5.97 Å². The molecule has 0 aliphatic carbocycles. The quantitative estimate of drug-likeness (QED) is 0.704. The predicted molar refractivity (Wildman–Crippen MR) is 57.5 cm³/mol. The van der Waals surface area contributed by atoms with Gasteiger partial charge < -0.3 is 14.7 Å². The number of carbonyl (C=O) groups excluding carboxylic acids is 1. The Hall–Kier alpha value is -0.610. The van der Waals surface area contributed by atoms with Crippen molar-refractivity contribution < 1.29 is 14.6 Å². The van der Waals surface area contributed by atoms with E-state index < -0.39 is 5.60 Å². The average Bonchev–Trinajstić information content (AvgIpc) is 2.16. The summed E-state index contributed by atoms with van der Waals surface area (Å²) in [7, 11) is 1.41. The predicted octanol–water partition coefficient (Wildman–Crippen LogP) is 0.786. The van der Waals surface area contributed by atoms with Gasteiger partial charge in [0.05, 0.1) is 12.7 Å². The van der Waals surface area contributed by atoms with Crippen LogP contribution < -0.4 is 0 Å². The number of hydrogen-bond acceptors (Lipinski definition) is 4. The maximum atomic E-state index is 10.9. The van der Waals surface area contributed by atoms with Gasteiger partial charge in [-0.1, -0.05) is 0 Å². The second-order valence-corrected chi connectivity index (χ2v) is 4.56. The molecule has 0 aromatic heterocycles. The number of hydrogen-bond donors (Lipinski definition) is 1. The highest BCUT2D eigenvalue weighted by Crippen LogP contribution is 2.20. The minimum Gasteiger partial charge on any atom is -0.469 e. The highest BCUT2D eigenvalue weighted by molar-refractivity contribution is 5.69. The van der Waals surface area contributed by atoms with Gasteiger partial charge in [-0.2, -0.15) is 0 Å².